The van der Waals surface area contributed by atoms with Gasteiger partial charge in [-0.15, -0.1) is 0 Å². The van der Waals surface area contributed by atoms with Crippen LogP contribution in [0.1, 0.15) is 75.2 Å². The number of aliphatic hydroxyl groups is 1. The number of benzene rings is 2. The summed E-state index contributed by atoms with van der Waals surface area (Å²) in [6.07, 6.45) is -5.02. The van der Waals surface area contributed by atoms with Gasteiger partial charge in [0.15, 0.2) is 30.8 Å². The Morgan fingerprint density at radius 2 is 1.42 bits per heavy atom. The minimum absolute atomic E-state index is 0.00560. The van der Waals surface area contributed by atoms with Crippen LogP contribution >= 0.6 is 24.0 Å². The molecule has 3 heterocycles. The van der Waals surface area contributed by atoms with Gasteiger partial charge in [0.25, 0.3) is 5.03 Å². The molecule has 2 aliphatic heterocycles. The Labute approximate surface area is 339 Å². The van der Waals surface area contributed by atoms with Gasteiger partial charge in [-0.1, -0.05) is 72.5 Å². The Morgan fingerprint density at radius 3 is 2.04 bits per heavy atom. The fraction of sp³-hybridized carbons (Fsp3) is 0.450. The third-order valence-electron chi connectivity index (χ3n) is 9.04. The fourth-order valence-corrected chi connectivity index (χ4v) is 7.63. The van der Waals surface area contributed by atoms with Crippen molar-refractivity contribution in [3.63, 3.8) is 0 Å². The van der Waals surface area contributed by atoms with Crippen molar-refractivity contribution in [1.82, 2.24) is 5.32 Å². The highest BCUT2D eigenvalue weighted by Gasteiger charge is 2.52. The Hall–Kier alpha value is -4.65. The molecule has 0 spiro atoms. The van der Waals surface area contributed by atoms with Gasteiger partial charge in [-0.25, -0.2) is 0 Å². The zero-order valence-electron chi connectivity index (χ0n) is 31.9. The number of rotatable bonds is 15. The summed E-state index contributed by atoms with van der Waals surface area (Å²) in [5, 5.41) is 25.6. The molecule has 17 heteroatoms. The van der Waals surface area contributed by atoms with Gasteiger partial charge < -0.3 is 48.8 Å². The molecule has 5 rings (SSSR count). The highest BCUT2D eigenvalue weighted by Crippen LogP contribution is 2.39. The topological polar surface area (TPSA) is 192 Å². The van der Waals surface area contributed by atoms with E-state index in [1.165, 1.54) is 31.8 Å². The second-order valence-corrected chi connectivity index (χ2v) is 15.0. The summed E-state index contributed by atoms with van der Waals surface area (Å²) in [5.41, 5.74) is 3.38. The predicted molar refractivity (Wildman–Crippen MR) is 207 cm³/mol. The Bertz CT molecular complexity index is 1860. The maximum absolute atomic E-state index is 12.3. The van der Waals surface area contributed by atoms with E-state index >= 15 is 0 Å². The molecule has 0 radical (unpaired) electrons. The van der Waals surface area contributed by atoms with Crippen LogP contribution in [0.4, 0.5) is 0 Å². The molecule has 306 valence electrons. The van der Waals surface area contributed by atoms with E-state index in [9.17, 15) is 29.5 Å². The molecule has 2 aromatic carbocycles. The minimum atomic E-state index is -1.28. The number of ether oxygens (including phenoxy) is 7. The summed E-state index contributed by atoms with van der Waals surface area (Å²) in [6.45, 7) is 4.61. The van der Waals surface area contributed by atoms with Crippen molar-refractivity contribution in [2.24, 2.45) is 0 Å². The first kappa shape index (κ1) is 43.5. The second-order valence-electron chi connectivity index (χ2n) is 13.5. The highest BCUT2D eigenvalue weighted by molar-refractivity contribution is 7.99. The molecular formula is C40H46N2O13S2. The van der Waals surface area contributed by atoms with E-state index in [4.69, 9.17) is 45.4 Å². The van der Waals surface area contributed by atoms with Crippen LogP contribution in [-0.4, -0.2) is 83.0 Å². The Balaban J connectivity index is 1.26. The molecule has 0 saturated carbocycles. The smallest absolute Gasteiger partial charge is 0.303 e. The fourth-order valence-electron chi connectivity index (χ4n) is 6.46. The van der Waals surface area contributed by atoms with Crippen LogP contribution in [0.5, 0.6) is 0 Å². The monoisotopic (exact) mass is 826 g/mol. The number of carbonyl (C=O) groups is 4. The number of aromatic nitrogens is 1. The first-order valence-electron chi connectivity index (χ1n) is 18.3. The molecule has 2 fully saturated rings. The summed E-state index contributed by atoms with van der Waals surface area (Å²) in [4.78, 5) is 48.4. The van der Waals surface area contributed by atoms with Crippen LogP contribution in [0.15, 0.2) is 78.0 Å². The Kier molecular flexibility index (Phi) is 15.8. The van der Waals surface area contributed by atoms with E-state index in [-0.39, 0.29) is 31.8 Å². The van der Waals surface area contributed by atoms with E-state index in [1.807, 2.05) is 54.6 Å². The van der Waals surface area contributed by atoms with Gasteiger partial charge in [0.05, 0.1) is 23.8 Å². The van der Waals surface area contributed by atoms with Crippen LogP contribution < -0.4 is 10.0 Å². The van der Waals surface area contributed by atoms with Crippen molar-refractivity contribution in [2.75, 3.05) is 12.4 Å². The van der Waals surface area contributed by atoms with E-state index in [2.05, 4.69) is 5.32 Å². The molecule has 2 saturated heterocycles. The van der Waals surface area contributed by atoms with Crippen molar-refractivity contribution < 1.29 is 62.2 Å². The van der Waals surface area contributed by atoms with Gasteiger partial charge in [0.1, 0.15) is 18.8 Å². The average molecular weight is 827 g/mol. The van der Waals surface area contributed by atoms with Crippen molar-refractivity contribution in [2.45, 2.75) is 108 Å². The van der Waals surface area contributed by atoms with Crippen molar-refractivity contribution >= 4 is 52.8 Å². The summed E-state index contributed by atoms with van der Waals surface area (Å²) in [5.74, 6) is -2.22. The van der Waals surface area contributed by atoms with Gasteiger partial charge in [-0.3, -0.25) is 19.2 Å². The van der Waals surface area contributed by atoms with Crippen LogP contribution in [0.3, 0.4) is 0 Å². The maximum atomic E-state index is 12.3. The van der Waals surface area contributed by atoms with E-state index in [1.54, 1.807) is 12.1 Å². The number of thiocarbonyl (C=S) groups is 1. The molecular weight excluding hydrogens is 781 g/mol. The van der Waals surface area contributed by atoms with E-state index in [0.717, 1.165) is 40.8 Å². The summed E-state index contributed by atoms with van der Waals surface area (Å²) in [6, 6.07) is 20.5. The number of thioether (sulfide) groups is 1. The average Bonchev–Trinajstić information content (AvgIpc) is 3.18. The molecule has 2 N–H and O–H groups in total. The largest absolute Gasteiger partial charge is 0.618 e. The van der Waals surface area contributed by atoms with Crippen LogP contribution in [0.25, 0.3) is 0 Å². The number of esters is 4. The lowest BCUT2D eigenvalue weighted by atomic mass is 9.92. The number of carbonyl (C=O) groups excluding carboxylic acids is 4. The van der Waals surface area contributed by atoms with Gasteiger partial charge in [0.2, 0.25) is 0 Å². The second kappa shape index (κ2) is 20.7. The standard InChI is InChI=1S/C40H46N2O13S2/c1-23(44)49-21-34-38(51-25(3)46)39(52-26(4)47)37(50-24(2)45)33(54-34)18-35(56)41-19-27-8-14-30(15-9-27)40-53-31(22-57-36-7-5-6-16-42(36)48)17-32(55-40)29-12-10-28(20-43)11-13-29/h5-16,31-34,37-40,43H,17-22H2,1-4H3,(H,41,56). The van der Waals surface area contributed by atoms with Gasteiger partial charge >= 0.3 is 23.9 Å². The number of hydrogen-bond acceptors (Lipinski definition) is 15. The number of nitrogens with one attached hydrogen (secondary N) is 1. The van der Waals surface area contributed by atoms with Crippen molar-refractivity contribution in [1.29, 1.82) is 0 Å². The van der Waals surface area contributed by atoms with Gasteiger partial charge in [-0.05, 0) is 22.8 Å². The molecule has 0 aliphatic carbocycles. The summed E-state index contributed by atoms with van der Waals surface area (Å²) in [7, 11) is 0. The third-order valence-corrected chi connectivity index (χ3v) is 10.5. The first-order chi connectivity index (χ1) is 27.3. The van der Waals surface area contributed by atoms with Crippen molar-refractivity contribution in [3.05, 3.63) is 100 Å². The molecule has 0 bridgehead atoms. The molecule has 8 unspecified atom stereocenters. The predicted octanol–water partition coefficient (Wildman–Crippen LogP) is 4.08. The lowest BCUT2D eigenvalue weighted by Crippen LogP contribution is -2.62. The first-order valence-corrected chi connectivity index (χ1v) is 19.7. The molecule has 57 heavy (non-hydrogen) atoms. The quantitative estimate of drug-likeness (QED) is 0.0556. The summed E-state index contributed by atoms with van der Waals surface area (Å²) < 4.78 is 41.6. The van der Waals surface area contributed by atoms with Gasteiger partial charge in [-0.2, -0.15) is 4.73 Å². The van der Waals surface area contributed by atoms with Crippen LogP contribution in [0, 0.1) is 5.21 Å². The number of aliphatic hydroxyl groups excluding tert-OH is 1. The van der Waals surface area contributed by atoms with E-state index in [0.29, 0.717) is 28.7 Å². The summed E-state index contributed by atoms with van der Waals surface area (Å²) >= 11 is 7.08. The molecule has 8 atom stereocenters. The highest BCUT2D eigenvalue weighted by atomic mass is 32.2. The normalized spacial score (nSPS) is 24.4. The number of nitrogens with zero attached hydrogens (tertiary/aromatic N) is 1. The lowest BCUT2D eigenvalue weighted by molar-refractivity contribution is -0.645. The lowest BCUT2D eigenvalue weighted by Gasteiger charge is -2.44. The Morgan fingerprint density at radius 1 is 0.807 bits per heavy atom. The number of hydrogen-bond donors (Lipinski definition) is 2. The molecule has 3 aromatic rings. The SMILES string of the molecule is CC(=O)OCC1OC(CC(=S)NCc2ccc(C3OC(CSc4cccc[n+]4[O-])CC(c4ccc(CO)cc4)O3)cc2)C(OC(C)=O)C(OC(C)=O)C1OC(C)=O. The zero-order chi connectivity index (χ0) is 41.1. The minimum Gasteiger partial charge on any atom is -0.618 e. The molecule has 2 aliphatic rings. The number of pyridine rings is 1. The maximum Gasteiger partial charge on any atom is 0.303 e. The van der Waals surface area contributed by atoms with Crippen LogP contribution in [-0.2, 0) is 65.5 Å². The third kappa shape index (κ3) is 12.7. The molecule has 1 aromatic heterocycles. The van der Waals surface area contributed by atoms with E-state index < -0.39 is 60.7 Å². The van der Waals surface area contributed by atoms with Crippen LogP contribution in [0.2, 0.25) is 0 Å². The molecule has 15 nitrogen and oxygen atoms in total. The zero-order valence-corrected chi connectivity index (χ0v) is 33.5. The molecule has 0 amide bonds. The van der Waals surface area contributed by atoms with Crippen molar-refractivity contribution in [3.8, 4) is 0 Å². The van der Waals surface area contributed by atoms with Gasteiger partial charge in [0, 0.05) is 70.5 Å².